The van der Waals surface area contributed by atoms with Crippen LogP contribution in [0.4, 0.5) is 0 Å². The molecule has 0 aliphatic carbocycles. The van der Waals surface area contributed by atoms with Crippen LogP contribution in [0.5, 0.6) is 0 Å². The van der Waals surface area contributed by atoms with E-state index in [2.05, 4.69) is 18.0 Å². The molecule has 0 aliphatic heterocycles. The standard InChI is InChI=1S/C9H20O4S.Na/c1-3-9(2)7-5-4-6-8-13-14(10,11)12;/h9H,3-8H2,1-2H3,(H,10,11,12);/q;+1/p-1/t9-;/m0./s1. The van der Waals surface area contributed by atoms with E-state index in [1.807, 2.05) is 0 Å². The van der Waals surface area contributed by atoms with E-state index in [0.29, 0.717) is 6.42 Å². The molecule has 4 nitrogen and oxygen atoms in total. The van der Waals surface area contributed by atoms with Gasteiger partial charge in [0.25, 0.3) is 0 Å². The molecule has 0 heterocycles. The van der Waals surface area contributed by atoms with Crippen molar-refractivity contribution >= 4 is 10.4 Å². The Morgan fingerprint density at radius 1 is 1.27 bits per heavy atom. The van der Waals surface area contributed by atoms with Crippen LogP contribution in [0.2, 0.25) is 0 Å². The van der Waals surface area contributed by atoms with Crippen LogP contribution in [0.25, 0.3) is 0 Å². The molecule has 15 heavy (non-hydrogen) atoms. The van der Waals surface area contributed by atoms with E-state index in [1.54, 1.807) is 0 Å². The third kappa shape index (κ3) is 14.9. The third-order valence-corrected chi connectivity index (χ3v) is 2.72. The van der Waals surface area contributed by atoms with Crippen molar-refractivity contribution in [1.29, 1.82) is 0 Å². The van der Waals surface area contributed by atoms with Gasteiger partial charge in [0.05, 0.1) is 6.61 Å². The Balaban J connectivity index is 0. The SMILES string of the molecule is CC[C@H](C)CCCCCOS(=O)(=O)[O-].[Na+]. The monoisotopic (exact) mass is 246 g/mol. The summed E-state index contributed by atoms with van der Waals surface area (Å²) in [7, 11) is -4.48. The molecule has 0 N–H and O–H groups in total. The molecule has 0 saturated heterocycles. The first-order chi connectivity index (χ1) is 6.45. The van der Waals surface area contributed by atoms with Crippen molar-refractivity contribution in [3.63, 3.8) is 0 Å². The van der Waals surface area contributed by atoms with E-state index < -0.39 is 10.4 Å². The van der Waals surface area contributed by atoms with E-state index >= 15 is 0 Å². The normalized spacial score (nSPS) is 13.3. The second kappa shape index (κ2) is 10.1. The van der Waals surface area contributed by atoms with Gasteiger partial charge in [0.15, 0.2) is 0 Å². The van der Waals surface area contributed by atoms with Gasteiger partial charge in [0, 0.05) is 0 Å². The Morgan fingerprint density at radius 3 is 2.33 bits per heavy atom. The van der Waals surface area contributed by atoms with Gasteiger partial charge in [0.1, 0.15) is 0 Å². The molecule has 0 saturated carbocycles. The molecule has 86 valence electrons. The van der Waals surface area contributed by atoms with Gasteiger partial charge in [0.2, 0.25) is 10.4 Å². The fourth-order valence-corrected chi connectivity index (χ4v) is 1.46. The molecule has 0 rings (SSSR count). The fourth-order valence-electron chi connectivity index (χ4n) is 1.14. The molecule has 0 radical (unpaired) electrons. The van der Waals surface area contributed by atoms with Crippen LogP contribution in [-0.2, 0) is 14.6 Å². The van der Waals surface area contributed by atoms with Crippen LogP contribution in [-0.4, -0.2) is 19.6 Å². The number of rotatable bonds is 8. The predicted molar refractivity (Wildman–Crippen MR) is 53.6 cm³/mol. The van der Waals surface area contributed by atoms with Gasteiger partial charge < -0.3 is 4.55 Å². The summed E-state index contributed by atoms with van der Waals surface area (Å²) in [6.07, 6.45) is 4.95. The molecule has 0 aliphatic rings. The maximum absolute atomic E-state index is 10.0. The van der Waals surface area contributed by atoms with Crippen molar-refractivity contribution < 1.29 is 46.7 Å². The summed E-state index contributed by atoms with van der Waals surface area (Å²) >= 11 is 0. The Kier molecular flexibility index (Phi) is 12.2. The van der Waals surface area contributed by atoms with E-state index in [-0.39, 0.29) is 36.2 Å². The zero-order valence-corrected chi connectivity index (χ0v) is 12.7. The minimum Gasteiger partial charge on any atom is -0.726 e. The van der Waals surface area contributed by atoms with Crippen molar-refractivity contribution in [2.75, 3.05) is 6.61 Å². The molecule has 6 heteroatoms. The maximum Gasteiger partial charge on any atom is 1.00 e. The fraction of sp³-hybridized carbons (Fsp3) is 1.00. The Bertz CT molecular complexity index is 228. The second-order valence-electron chi connectivity index (χ2n) is 3.59. The molecule has 0 amide bonds. The van der Waals surface area contributed by atoms with Crippen LogP contribution in [0.1, 0.15) is 46.0 Å². The minimum atomic E-state index is -4.48. The van der Waals surface area contributed by atoms with Gasteiger partial charge in [-0.05, 0) is 12.3 Å². The van der Waals surface area contributed by atoms with Crippen LogP contribution in [0, 0.1) is 5.92 Å². The first-order valence-electron chi connectivity index (χ1n) is 5.06. The quantitative estimate of drug-likeness (QED) is 0.240. The molecule has 0 unspecified atom stereocenters. The first kappa shape index (κ1) is 18.2. The van der Waals surface area contributed by atoms with E-state index in [0.717, 1.165) is 25.2 Å². The summed E-state index contributed by atoms with van der Waals surface area (Å²) < 4.78 is 34.2. The second-order valence-corrected chi connectivity index (χ2v) is 4.65. The molecule has 0 bridgehead atoms. The van der Waals surface area contributed by atoms with Crippen molar-refractivity contribution in [3.05, 3.63) is 0 Å². The van der Waals surface area contributed by atoms with Crippen molar-refractivity contribution in [1.82, 2.24) is 0 Å². The molecular formula is C9H19NaO4S. The maximum atomic E-state index is 10.0. The van der Waals surface area contributed by atoms with Crippen molar-refractivity contribution in [2.24, 2.45) is 5.92 Å². The molecule has 0 aromatic carbocycles. The average molecular weight is 246 g/mol. The van der Waals surface area contributed by atoms with Gasteiger partial charge in [-0.15, -0.1) is 0 Å². The molecule has 0 spiro atoms. The topological polar surface area (TPSA) is 66.4 Å². The van der Waals surface area contributed by atoms with E-state index in [9.17, 15) is 13.0 Å². The van der Waals surface area contributed by atoms with Crippen LogP contribution in [0.15, 0.2) is 0 Å². The Hall–Kier alpha value is 0.870. The first-order valence-corrected chi connectivity index (χ1v) is 6.39. The molecule has 0 aromatic heterocycles. The Morgan fingerprint density at radius 2 is 1.87 bits per heavy atom. The number of hydrogen-bond acceptors (Lipinski definition) is 4. The summed E-state index contributed by atoms with van der Waals surface area (Å²) in [5.41, 5.74) is 0. The van der Waals surface area contributed by atoms with Gasteiger partial charge >= 0.3 is 29.6 Å². The molecule has 0 fully saturated rings. The molecule has 0 aromatic rings. The van der Waals surface area contributed by atoms with Gasteiger partial charge in [-0.25, -0.2) is 8.42 Å². The third-order valence-electron chi connectivity index (χ3n) is 2.27. The smallest absolute Gasteiger partial charge is 0.726 e. The summed E-state index contributed by atoms with van der Waals surface area (Å²) in [6.45, 7) is 4.36. The zero-order chi connectivity index (χ0) is 11.0. The van der Waals surface area contributed by atoms with Crippen LogP contribution in [0.3, 0.4) is 0 Å². The van der Waals surface area contributed by atoms with E-state index in [4.69, 9.17) is 0 Å². The Labute approximate surface area is 115 Å². The minimum absolute atomic E-state index is 0. The van der Waals surface area contributed by atoms with E-state index in [1.165, 1.54) is 6.42 Å². The summed E-state index contributed by atoms with van der Waals surface area (Å²) in [5, 5.41) is 0. The molecular weight excluding hydrogens is 227 g/mol. The number of unbranched alkanes of at least 4 members (excludes halogenated alkanes) is 2. The predicted octanol–water partition coefficient (Wildman–Crippen LogP) is -0.926. The number of hydrogen-bond donors (Lipinski definition) is 0. The zero-order valence-electron chi connectivity index (χ0n) is 9.86. The van der Waals surface area contributed by atoms with Crippen molar-refractivity contribution in [3.8, 4) is 0 Å². The van der Waals surface area contributed by atoms with Gasteiger partial charge in [-0.2, -0.15) is 0 Å². The summed E-state index contributed by atoms with van der Waals surface area (Å²) in [6, 6.07) is 0. The van der Waals surface area contributed by atoms with Crippen molar-refractivity contribution in [2.45, 2.75) is 46.0 Å². The van der Waals surface area contributed by atoms with Gasteiger partial charge in [-0.3, -0.25) is 4.18 Å². The van der Waals surface area contributed by atoms with Crippen LogP contribution >= 0.6 is 0 Å². The average Bonchev–Trinajstić information content (AvgIpc) is 2.08. The largest absolute Gasteiger partial charge is 1.00 e. The summed E-state index contributed by atoms with van der Waals surface area (Å²) in [4.78, 5) is 0. The van der Waals surface area contributed by atoms with Crippen LogP contribution < -0.4 is 29.6 Å². The molecule has 1 atom stereocenters. The summed E-state index contributed by atoms with van der Waals surface area (Å²) in [5.74, 6) is 0.721. The van der Waals surface area contributed by atoms with Gasteiger partial charge in [-0.1, -0.05) is 39.5 Å².